The molecule has 0 radical (unpaired) electrons. The zero-order valence-electron chi connectivity index (χ0n) is 20.1. The highest BCUT2D eigenvalue weighted by Gasteiger charge is 2.28. The van der Waals surface area contributed by atoms with E-state index in [1.54, 1.807) is 0 Å². The zero-order valence-corrected chi connectivity index (χ0v) is 21.0. The molecule has 0 saturated carbocycles. The Bertz CT molecular complexity index is 1000. The number of nitrogens with zero attached hydrogens (tertiary/aromatic N) is 2. The minimum atomic E-state index is -0.116. The van der Waals surface area contributed by atoms with Gasteiger partial charge in [0.15, 0.2) is 16.6 Å². The molecule has 0 bridgehead atoms. The molecule has 1 aromatic heterocycles. The molecule has 184 valence electrons. The number of thiazole rings is 1. The summed E-state index contributed by atoms with van der Waals surface area (Å²) in [4.78, 5) is 31.9. The van der Waals surface area contributed by atoms with Gasteiger partial charge in [-0.25, -0.2) is 4.98 Å². The van der Waals surface area contributed by atoms with Crippen LogP contribution in [0.1, 0.15) is 50.4 Å². The fourth-order valence-electron chi connectivity index (χ4n) is 4.40. The number of carbonyl (C=O) groups is 2. The zero-order chi connectivity index (χ0) is 24.1. The minimum absolute atomic E-state index is 0.00743. The predicted molar refractivity (Wildman–Crippen MR) is 132 cm³/mol. The number of likely N-dealkylation sites (tertiary alicyclic amines) is 1. The Labute approximate surface area is 205 Å². The van der Waals surface area contributed by atoms with Crippen LogP contribution in [-0.2, 0) is 9.59 Å². The molecular formula is C25H34N4O4S. The molecule has 0 aliphatic carbocycles. The van der Waals surface area contributed by atoms with Crippen LogP contribution in [0.4, 0.5) is 5.13 Å². The highest BCUT2D eigenvalue weighted by atomic mass is 32.1. The first kappa shape index (κ1) is 24.5. The van der Waals surface area contributed by atoms with Crippen molar-refractivity contribution in [2.45, 2.75) is 46.1 Å². The van der Waals surface area contributed by atoms with Crippen molar-refractivity contribution in [1.82, 2.24) is 15.2 Å². The monoisotopic (exact) mass is 486 g/mol. The highest BCUT2D eigenvalue weighted by molar-refractivity contribution is 7.13. The third-order valence-corrected chi connectivity index (χ3v) is 7.16. The lowest BCUT2D eigenvalue weighted by atomic mass is 9.95. The number of piperidine rings is 1. The van der Waals surface area contributed by atoms with Crippen LogP contribution in [0.15, 0.2) is 23.6 Å². The number of aryl methyl sites for hydroxylation is 1. The number of nitrogens with one attached hydrogen (secondary N) is 2. The number of anilines is 1. The van der Waals surface area contributed by atoms with E-state index in [0.717, 1.165) is 55.1 Å². The van der Waals surface area contributed by atoms with E-state index in [1.165, 1.54) is 11.3 Å². The molecule has 2 aromatic rings. The Morgan fingerprint density at radius 3 is 2.59 bits per heavy atom. The molecule has 8 nitrogen and oxygen atoms in total. The van der Waals surface area contributed by atoms with Gasteiger partial charge in [-0.1, -0.05) is 19.9 Å². The summed E-state index contributed by atoms with van der Waals surface area (Å²) in [6.45, 7) is 9.16. The van der Waals surface area contributed by atoms with E-state index in [-0.39, 0.29) is 29.7 Å². The number of carbonyl (C=O) groups excluding carboxylic acids is 2. The Hall–Kier alpha value is -2.65. The molecule has 1 saturated heterocycles. The second-order valence-corrected chi connectivity index (χ2v) is 10.2. The first-order chi connectivity index (χ1) is 16.4. The van der Waals surface area contributed by atoms with Gasteiger partial charge in [-0.3, -0.25) is 14.5 Å². The van der Waals surface area contributed by atoms with Gasteiger partial charge in [0.25, 0.3) is 0 Å². The number of fused-ring (bicyclic) bond motifs is 1. The van der Waals surface area contributed by atoms with E-state index >= 15 is 0 Å². The van der Waals surface area contributed by atoms with Crippen LogP contribution < -0.4 is 20.1 Å². The van der Waals surface area contributed by atoms with E-state index in [2.05, 4.69) is 34.4 Å². The van der Waals surface area contributed by atoms with Crippen molar-refractivity contribution >= 4 is 28.3 Å². The molecule has 1 atom stereocenters. The summed E-state index contributed by atoms with van der Waals surface area (Å²) in [6.07, 6.45) is 2.33. The number of amides is 2. The Morgan fingerprint density at radius 2 is 1.91 bits per heavy atom. The summed E-state index contributed by atoms with van der Waals surface area (Å²) < 4.78 is 11.6. The van der Waals surface area contributed by atoms with Crippen LogP contribution in [0.3, 0.4) is 0 Å². The number of benzene rings is 1. The van der Waals surface area contributed by atoms with E-state index < -0.39 is 0 Å². The third kappa shape index (κ3) is 6.27. The van der Waals surface area contributed by atoms with Crippen molar-refractivity contribution in [2.24, 2.45) is 11.8 Å². The van der Waals surface area contributed by atoms with Gasteiger partial charge in [-0.15, -0.1) is 11.3 Å². The van der Waals surface area contributed by atoms with E-state index in [0.29, 0.717) is 24.9 Å². The highest BCUT2D eigenvalue weighted by Crippen LogP contribution is 2.34. The number of hydrogen-bond acceptors (Lipinski definition) is 7. The molecule has 1 aromatic carbocycles. The molecule has 1 unspecified atom stereocenters. The summed E-state index contributed by atoms with van der Waals surface area (Å²) in [6, 6.07) is 5.81. The van der Waals surface area contributed by atoms with Crippen LogP contribution in [0.5, 0.6) is 11.5 Å². The molecule has 0 spiro atoms. The Morgan fingerprint density at radius 1 is 1.18 bits per heavy atom. The summed E-state index contributed by atoms with van der Waals surface area (Å²) in [5.74, 6) is 1.68. The van der Waals surface area contributed by atoms with Gasteiger partial charge < -0.3 is 20.1 Å². The quantitative estimate of drug-likeness (QED) is 0.619. The van der Waals surface area contributed by atoms with Crippen LogP contribution in [0.2, 0.25) is 0 Å². The van der Waals surface area contributed by atoms with Crippen LogP contribution in [0, 0.1) is 18.8 Å². The Balaban J connectivity index is 1.28. The number of hydrogen-bond donors (Lipinski definition) is 2. The van der Waals surface area contributed by atoms with Gasteiger partial charge in [0.1, 0.15) is 0 Å². The smallest absolute Gasteiger partial charge is 0.234 e. The number of aromatic nitrogens is 1. The van der Waals surface area contributed by atoms with E-state index in [1.807, 2.05) is 30.5 Å². The average Bonchev–Trinajstić information content (AvgIpc) is 3.08. The molecule has 3 heterocycles. The van der Waals surface area contributed by atoms with Gasteiger partial charge in [-0.05, 0) is 56.5 Å². The standard InChI is InChI=1S/C25H34N4O4S/c1-16(2)23(19-5-6-20-21(13-19)33-12-4-11-32-20)27-22(30)14-29-9-7-18(8-10-29)24(31)28-25-26-17(3)15-34-25/h5-6,13,15-16,18,23H,4,7-12,14H2,1-3H3,(H,27,30)(H,26,28,31). The van der Waals surface area contributed by atoms with Gasteiger partial charge in [-0.2, -0.15) is 0 Å². The maximum Gasteiger partial charge on any atom is 0.234 e. The third-order valence-electron chi connectivity index (χ3n) is 6.29. The van der Waals surface area contributed by atoms with Gasteiger partial charge in [0, 0.05) is 17.7 Å². The lowest BCUT2D eigenvalue weighted by molar-refractivity contribution is -0.124. The maximum absolute atomic E-state index is 12.9. The van der Waals surface area contributed by atoms with Gasteiger partial charge in [0.2, 0.25) is 11.8 Å². The van der Waals surface area contributed by atoms with Crippen LogP contribution in [0.25, 0.3) is 0 Å². The topological polar surface area (TPSA) is 92.8 Å². The largest absolute Gasteiger partial charge is 0.490 e. The average molecular weight is 487 g/mol. The SMILES string of the molecule is Cc1csc(NC(=O)C2CCN(CC(=O)NC(c3ccc4c(c3)OCCCO4)C(C)C)CC2)n1. The molecule has 9 heteroatoms. The molecule has 2 aliphatic heterocycles. The minimum Gasteiger partial charge on any atom is -0.490 e. The molecule has 34 heavy (non-hydrogen) atoms. The summed E-state index contributed by atoms with van der Waals surface area (Å²) in [7, 11) is 0. The first-order valence-corrected chi connectivity index (χ1v) is 12.9. The number of ether oxygens (including phenoxy) is 2. The van der Waals surface area contributed by atoms with Crippen molar-refractivity contribution in [2.75, 3.05) is 38.2 Å². The second kappa shape index (κ2) is 11.2. The second-order valence-electron chi connectivity index (χ2n) is 9.38. The summed E-state index contributed by atoms with van der Waals surface area (Å²) in [5.41, 5.74) is 1.92. The normalized spacial score (nSPS) is 17.8. The first-order valence-electron chi connectivity index (χ1n) is 12.0. The van der Waals surface area contributed by atoms with E-state index in [4.69, 9.17) is 9.47 Å². The lowest BCUT2D eigenvalue weighted by Crippen LogP contribution is -2.44. The summed E-state index contributed by atoms with van der Waals surface area (Å²) >= 11 is 1.44. The molecule has 2 aliphatic rings. The van der Waals surface area contributed by atoms with Crippen molar-refractivity contribution in [3.63, 3.8) is 0 Å². The fourth-order valence-corrected chi connectivity index (χ4v) is 5.09. The van der Waals surface area contributed by atoms with Gasteiger partial charge >= 0.3 is 0 Å². The van der Waals surface area contributed by atoms with E-state index in [9.17, 15) is 9.59 Å². The molecule has 4 rings (SSSR count). The Kier molecular flexibility index (Phi) is 8.05. The van der Waals surface area contributed by atoms with Crippen LogP contribution in [-0.4, -0.2) is 54.5 Å². The van der Waals surface area contributed by atoms with Crippen molar-refractivity contribution in [1.29, 1.82) is 0 Å². The van der Waals surface area contributed by atoms with Crippen LogP contribution >= 0.6 is 11.3 Å². The van der Waals surface area contributed by atoms with Gasteiger partial charge in [0.05, 0.1) is 31.5 Å². The lowest BCUT2D eigenvalue weighted by Gasteiger charge is -2.31. The maximum atomic E-state index is 12.9. The summed E-state index contributed by atoms with van der Waals surface area (Å²) in [5, 5.41) is 8.71. The van der Waals surface area contributed by atoms with Crippen molar-refractivity contribution < 1.29 is 19.1 Å². The molecule has 1 fully saturated rings. The molecule has 2 amide bonds. The molecule has 2 N–H and O–H groups in total. The van der Waals surface area contributed by atoms with Crippen molar-refractivity contribution in [3.05, 3.63) is 34.8 Å². The predicted octanol–water partition coefficient (Wildman–Crippen LogP) is 3.78. The number of rotatable bonds is 7. The molecular weight excluding hydrogens is 452 g/mol. The fraction of sp³-hybridized carbons (Fsp3) is 0.560. The van der Waals surface area contributed by atoms with Crippen molar-refractivity contribution in [3.8, 4) is 11.5 Å².